The Balaban J connectivity index is 1.53. The highest BCUT2D eigenvalue weighted by atomic mass is 35.5. The van der Waals surface area contributed by atoms with Crippen molar-refractivity contribution in [2.75, 3.05) is 12.4 Å². The monoisotopic (exact) mass is 294 g/mol. The number of nitrogens with one attached hydrogen (secondary N) is 3. The van der Waals surface area contributed by atoms with Crippen LogP contribution in [0, 0.1) is 0 Å². The normalized spacial score (nSPS) is 31.9. The number of quaternary nitrogens is 1. The molecule has 2 bridgehead atoms. The second-order valence-electron chi connectivity index (χ2n) is 5.99. The first-order chi connectivity index (χ1) is 9.61. The van der Waals surface area contributed by atoms with E-state index >= 15 is 0 Å². The van der Waals surface area contributed by atoms with E-state index in [4.69, 9.17) is 11.6 Å². The molecule has 0 aromatic heterocycles. The standard InChI is InChI=1S/C15H20ClN3O/c1-19-13-6-7-14(19)9-12(8-13)18-15(20)17-11-4-2-10(16)3-5-11/h2-5,12-14H,6-9H2,1H3,(H2,17,18,20)/p+1/t12?,13-,14+. The number of hydrogen-bond donors (Lipinski definition) is 3. The summed E-state index contributed by atoms with van der Waals surface area (Å²) in [5.74, 6) is 0. The first-order valence-electron chi connectivity index (χ1n) is 7.28. The average Bonchev–Trinajstić information content (AvgIpc) is 2.64. The molecular formula is C15H21ClN3O+. The van der Waals surface area contributed by atoms with Crippen molar-refractivity contribution in [3.05, 3.63) is 29.3 Å². The average molecular weight is 295 g/mol. The maximum absolute atomic E-state index is 12.0. The maximum Gasteiger partial charge on any atom is 0.319 e. The van der Waals surface area contributed by atoms with Gasteiger partial charge in [0.15, 0.2) is 0 Å². The molecule has 2 heterocycles. The molecule has 3 N–H and O–H groups in total. The van der Waals surface area contributed by atoms with Crippen molar-refractivity contribution in [3.8, 4) is 0 Å². The fourth-order valence-electron chi connectivity index (χ4n) is 3.59. The van der Waals surface area contributed by atoms with Crippen molar-refractivity contribution >= 4 is 23.3 Å². The van der Waals surface area contributed by atoms with Gasteiger partial charge in [-0.2, -0.15) is 0 Å². The minimum absolute atomic E-state index is 0.115. The van der Waals surface area contributed by atoms with E-state index in [1.165, 1.54) is 12.8 Å². The lowest BCUT2D eigenvalue weighted by molar-refractivity contribution is -0.922. The highest BCUT2D eigenvalue weighted by Crippen LogP contribution is 2.22. The van der Waals surface area contributed by atoms with Crippen LogP contribution in [0.25, 0.3) is 0 Å². The summed E-state index contributed by atoms with van der Waals surface area (Å²) in [4.78, 5) is 13.7. The van der Waals surface area contributed by atoms with Crippen LogP contribution in [0.2, 0.25) is 5.02 Å². The molecule has 0 spiro atoms. The molecular weight excluding hydrogens is 274 g/mol. The number of piperidine rings is 1. The summed E-state index contributed by atoms with van der Waals surface area (Å²) in [5.41, 5.74) is 0.772. The summed E-state index contributed by atoms with van der Waals surface area (Å²) in [7, 11) is 2.28. The Labute approximate surface area is 124 Å². The lowest BCUT2D eigenvalue weighted by Crippen LogP contribution is -3.15. The van der Waals surface area contributed by atoms with E-state index in [-0.39, 0.29) is 6.03 Å². The topological polar surface area (TPSA) is 45.6 Å². The van der Waals surface area contributed by atoms with Gasteiger partial charge >= 0.3 is 6.03 Å². The number of anilines is 1. The maximum atomic E-state index is 12.0. The van der Waals surface area contributed by atoms with Crippen LogP contribution in [-0.4, -0.2) is 31.2 Å². The zero-order valence-corrected chi connectivity index (χ0v) is 12.4. The molecule has 0 saturated carbocycles. The third-order valence-corrected chi connectivity index (χ3v) is 4.98. The van der Waals surface area contributed by atoms with Gasteiger partial charge < -0.3 is 15.5 Å². The van der Waals surface area contributed by atoms with Gasteiger partial charge in [0.2, 0.25) is 0 Å². The van der Waals surface area contributed by atoms with Gasteiger partial charge in [0.1, 0.15) is 0 Å². The zero-order chi connectivity index (χ0) is 14.1. The van der Waals surface area contributed by atoms with Crippen LogP contribution < -0.4 is 15.5 Å². The van der Waals surface area contributed by atoms with Crippen molar-refractivity contribution < 1.29 is 9.69 Å². The van der Waals surface area contributed by atoms with Gasteiger partial charge in [-0.15, -0.1) is 0 Å². The second-order valence-corrected chi connectivity index (χ2v) is 6.43. The first kappa shape index (κ1) is 13.7. The van der Waals surface area contributed by atoms with Crippen LogP contribution in [0.4, 0.5) is 10.5 Å². The molecule has 2 saturated heterocycles. The zero-order valence-electron chi connectivity index (χ0n) is 11.7. The largest absolute Gasteiger partial charge is 0.335 e. The second kappa shape index (κ2) is 5.62. The number of halogens is 1. The van der Waals surface area contributed by atoms with Gasteiger partial charge in [-0.25, -0.2) is 4.79 Å². The van der Waals surface area contributed by atoms with Gasteiger partial charge in [0.05, 0.1) is 19.1 Å². The predicted molar refractivity (Wildman–Crippen MR) is 80.3 cm³/mol. The number of carbonyl (C=O) groups is 1. The van der Waals surface area contributed by atoms with E-state index in [1.807, 2.05) is 12.1 Å². The molecule has 4 nitrogen and oxygen atoms in total. The molecule has 1 aromatic carbocycles. The van der Waals surface area contributed by atoms with Crippen LogP contribution >= 0.6 is 11.6 Å². The quantitative estimate of drug-likeness (QED) is 0.763. The van der Waals surface area contributed by atoms with Gasteiger partial charge in [0, 0.05) is 42.4 Å². The lowest BCUT2D eigenvalue weighted by atomic mass is 9.98. The minimum atomic E-state index is -0.115. The van der Waals surface area contributed by atoms with Crippen LogP contribution in [0.1, 0.15) is 25.7 Å². The van der Waals surface area contributed by atoms with E-state index in [9.17, 15) is 4.79 Å². The first-order valence-corrected chi connectivity index (χ1v) is 7.66. The van der Waals surface area contributed by atoms with Crippen LogP contribution in [0.15, 0.2) is 24.3 Å². The van der Waals surface area contributed by atoms with Gasteiger partial charge in [-0.3, -0.25) is 0 Å². The molecule has 2 amide bonds. The molecule has 1 aromatic rings. The number of fused-ring (bicyclic) bond motifs is 2. The Morgan fingerprint density at radius 3 is 2.40 bits per heavy atom. The summed E-state index contributed by atoms with van der Waals surface area (Å²) in [6.45, 7) is 0. The smallest absolute Gasteiger partial charge is 0.319 e. The molecule has 2 unspecified atom stereocenters. The molecule has 0 radical (unpaired) electrons. The van der Waals surface area contributed by atoms with E-state index in [1.54, 1.807) is 17.0 Å². The predicted octanol–water partition coefficient (Wildman–Crippen LogP) is 1.67. The summed E-state index contributed by atoms with van der Waals surface area (Å²) in [5, 5.41) is 6.64. The van der Waals surface area contributed by atoms with E-state index in [0.29, 0.717) is 11.1 Å². The van der Waals surface area contributed by atoms with Crippen molar-refractivity contribution in [3.63, 3.8) is 0 Å². The molecule has 2 aliphatic heterocycles. The molecule has 0 aliphatic carbocycles. The van der Waals surface area contributed by atoms with Crippen LogP contribution in [-0.2, 0) is 0 Å². The van der Waals surface area contributed by atoms with Crippen LogP contribution in [0.5, 0.6) is 0 Å². The lowest BCUT2D eigenvalue weighted by Gasteiger charge is -2.33. The molecule has 20 heavy (non-hydrogen) atoms. The van der Waals surface area contributed by atoms with E-state index in [0.717, 1.165) is 30.6 Å². The molecule has 2 fully saturated rings. The highest BCUT2D eigenvalue weighted by Gasteiger charge is 2.42. The Hall–Kier alpha value is -1.26. The van der Waals surface area contributed by atoms with Gasteiger partial charge in [-0.1, -0.05) is 11.6 Å². The third kappa shape index (κ3) is 2.91. The number of rotatable bonds is 2. The molecule has 2 aliphatic rings. The molecule has 3 rings (SSSR count). The molecule has 4 atom stereocenters. The van der Waals surface area contributed by atoms with Crippen LogP contribution in [0.3, 0.4) is 0 Å². The Morgan fingerprint density at radius 1 is 1.20 bits per heavy atom. The number of carbonyl (C=O) groups excluding carboxylic acids is 1. The molecule has 108 valence electrons. The van der Waals surface area contributed by atoms with Gasteiger partial charge in [-0.05, 0) is 24.3 Å². The summed E-state index contributed by atoms with van der Waals surface area (Å²) in [6, 6.07) is 8.80. The molecule has 5 heteroatoms. The van der Waals surface area contributed by atoms with E-state index in [2.05, 4.69) is 17.7 Å². The number of amides is 2. The minimum Gasteiger partial charge on any atom is -0.335 e. The van der Waals surface area contributed by atoms with Crippen molar-refractivity contribution in [1.82, 2.24) is 5.32 Å². The van der Waals surface area contributed by atoms with Crippen molar-refractivity contribution in [2.45, 2.75) is 43.8 Å². The Kier molecular flexibility index (Phi) is 3.85. The number of hydrogen-bond acceptors (Lipinski definition) is 1. The Morgan fingerprint density at radius 2 is 1.80 bits per heavy atom. The summed E-state index contributed by atoms with van der Waals surface area (Å²) in [6.07, 6.45) is 4.79. The van der Waals surface area contributed by atoms with Crippen molar-refractivity contribution in [2.24, 2.45) is 0 Å². The summed E-state index contributed by atoms with van der Waals surface area (Å²) >= 11 is 5.83. The highest BCUT2D eigenvalue weighted by molar-refractivity contribution is 6.30. The number of urea groups is 1. The third-order valence-electron chi connectivity index (χ3n) is 4.73. The fraction of sp³-hybridized carbons (Fsp3) is 0.533. The fourth-order valence-corrected chi connectivity index (χ4v) is 3.71. The Bertz CT molecular complexity index is 476. The summed E-state index contributed by atoms with van der Waals surface area (Å²) < 4.78 is 0. The van der Waals surface area contributed by atoms with Gasteiger partial charge in [0.25, 0.3) is 0 Å². The number of benzene rings is 1. The van der Waals surface area contributed by atoms with E-state index < -0.39 is 0 Å². The SMILES string of the molecule is C[NH+]1[C@@H]2CC[C@H]1CC(NC(=O)Nc1ccc(Cl)cc1)C2. The van der Waals surface area contributed by atoms with Crippen molar-refractivity contribution in [1.29, 1.82) is 0 Å².